The lowest BCUT2D eigenvalue weighted by Crippen LogP contribution is -2.60. The van der Waals surface area contributed by atoms with Crippen LogP contribution in [0.5, 0.6) is 0 Å². The number of hydrogen-bond donors (Lipinski definition) is 0. The molecular weight excluding hydrogens is 388 g/mol. The fourth-order valence-electron chi connectivity index (χ4n) is 2.99. The molecule has 138 valence electrons. The van der Waals surface area contributed by atoms with Gasteiger partial charge in [0.05, 0.1) is 18.7 Å². The monoisotopic (exact) mass is 412 g/mol. The van der Waals surface area contributed by atoms with Gasteiger partial charge in [-0.05, 0) is 57.1 Å². The zero-order chi connectivity index (χ0) is 18.8. The number of hydroxylamine groups is 2. The van der Waals surface area contributed by atoms with Gasteiger partial charge in [0.15, 0.2) is 6.17 Å². The highest BCUT2D eigenvalue weighted by Crippen LogP contribution is 2.37. The van der Waals surface area contributed by atoms with Crippen molar-refractivity contribution in [2.45, 2.75) is 19.5 Å². The summed E-state index contributed by atoms with van der Waals surface area (Å²) in [5, 5.41) is 14.0. The van der Waals surface area contributed by atoms with Crippen LogP contribution in [0.1, 0.15) is 12.5 Å². The summed E-state index contributed by atoms with van der Waals surface area (Å²) < 4.78 is 5.09. The first-order valence-corrected chi connectivity index (χ1v) is 8.92. The summed E-state index contributed by atoms with van der Waals surface area (Å²) in [7, 11) is 7.55. The van der Waals surface area contributed by atoms with Crippen molar-refractivity contribution in [2.75, 3.05) is 41.3 Å². The molecule has 0 aliphatic carbocycles. The topological polar surface area (TPSA) is 68.7 Å². The molecule has 1 aliphatic rings. The van der Waals surface area contributed by atoms with Crippen LogP contribution in [0.15, 0.2) is 28.5 Å². The first kappa shape index (κ1) is 20.0. The molecule has 0 amide bonds. The molecule has 1 aromatic rings. The van der Waals surface area contributed by atoms with Crippen molar-refractivity contribution in [2.24, 2.45) is 0 Å². The Balaban J connectivity index is 2.59. The quantitative estimate of drug-likeness (QED) is 0.404. The van der Waals surface area contributed by atoms with Crippen molar-refractivity contribution in [3.8, 4) is 0 Å². The highest BCUT2D eigenvalue weighted by Gasteiger charge is 2.40. The molecule has 25 heavy (non-hydrogen) atoms. The third-order valence-corrected chi connectivity index (χ3v) is 4.51. The van der Waals surface area contributed by atoms with Crippen LogP contribution in [-0.2, 0) is 16.0 Å². The van der Waals surface area contributed by atoms with Crippen molar-refractivity contribution in [1.29, 1.82) is 0 Å². The van der Waals surface area contributed by atoms with Gasteiger partial charge in [-0.3, -0.25) is 9.55 Å². The summed E-state index contributed by atoms with van der Waals surface area (Å²) in [6, 6.07) is 1.85. The third kappa shape index (κ3) is 4.27. The number of halogens is 1. The van der Waals surface area contributed by atoms with Crippen LogP contribution < -0.4 is 4.65 Å². The normalized spacial score (nSPS) is 21.1. The van der Waals surface area contributed by atoms with Gasteiger partial charge in [0.25, 0.3) is 0 Å². The van der Waals surface area contributed by atoms with Crippen molar-refractivity contribution in [3.05, 3.63) is 39.3 Å². The fourth-order valence-corrected chi connectivity index (χ4v) is 3.37. The number of hydrogen-bond acceptors (Lipinski definition) is 6. The molecule has 2 rings (SSSR count). The van der Waals surface area contributed by atoms with Crippen LogP contribution in [-0.4, -0.2) is 68.3 Å². The number of ether oxygens (including phenoxy) is 1. The van der Waals surface area contributed by atoms with Crippen molar-refractivity contribution < 1.29 is 9.53 Å². The highest BCUT2D eigenvalue weighted by molar-refractivity contribution is 9.10. The minimum Gasteiger partial charge on any atom is -0.620 e. The van der Waals surface area contributed by atoms with Gasteiger partial charge < -0.3 is 14.8 Å². The Bertz CT molecular complexity index is 678. The van der Waals surface area contributed by atoms with E-state index >= 15 is 0 Å². The first-order valence-electron chi connectivity index (χ1n) is 8.13. The van der Waals surface area contributed by atoms with Gasteiger partial charge in [0.1, 0.15) is 6.20 Å². The van der Waals surface area contributed by atoms with Crippen LogP contribution >= 0.6 is 15.9 Å². The van der Waals surface area contributed by atoms with Gasteiger partial charge in [-0.2, -0.15) is 0 Å². The molecule has 0 radical (unpaired) electrons. The van der Waals surface area contributed by atoms with Crippen LogP contribution in [0.4, 0.5) is 5.82 Å². The van der Waals surface area contributed by atoms with E-state index in [0.717, 1.165) is 10.0 Å². The van der Waals surface area contributed by atoms with E-state index in [2.05, 4.69) is 20.9 Å². The van der Waals surface area contributed by atoms with Gasteiger partial charge in [0.2, 0.25) is 5.82 Å². The molecule has 7 nitrogen and oxygen atoms in total. The average molecular weight is 413 g/mol. The Morgan fingerprint density at radius 2 is 2.12 bits per heavy atom. The lowest BCUT2D eigenvalue weighted by molar-refractivity contribution is -0.138. The Kier molecular flexibility index (Phi) is 6.34. The van der Waals surface area contributed by atoms with E-state index in [1.807, 2.05) is 44.1 Å². The molecule has 0 saturated heterocycles. The van der Waals surface area contributed by atoms with Gasteiger partial charge in [0, 0.05) is 22.7 Å². The molecule has 2 heterocycles. The number of likely N-dealkylation sites (N-methyl/N-ethyl adjacent to an activating group) is 2. The number of fused-ring (bicyclic) bond motifs is 1. The van der Waals surface area contributed by atoms with Crippen LogP contribution in [0, 0.1) is 5.21 Å². The minimum absolute atomic E-state index is 0.271. The smallest absolute Gasteiger partial charge is 0.339 e. The largest absolute Gasteiger partial charge is 0.620 e. The Morgan fingerprint density at radius 1 is 1.44 bits per heavy atom. The fraction of sp³-hybridized carbons (Fsp3) is 0.529. The predicted molar refractivity (Wildman–Crippen MR) is 102 cm³/mol. The zero-order valence-corrected chi connectivity index (χ0v) is 16.9. The molecule has 8 heteroatoms. The molecule has 0 aromatic carbocycles. The molecule has 0 saturated carbocycles. The molecule has 2 atom stereocenters. The second-order valence-electron chi connectivity index (χ2n) is 6.60. The van der Waals surface area contributed by atoms with Crippen LogP contribution in [0.3, 0.4) is 0 Å². The number of rotatable bonds is 6. The van der Waals surface area contributed by atoms with Crippen molar-refractivity contribution in [3.63, 3.8) is 0 Å². The number of aromatic nitrogens is 1. The maximum absolute atomic E-state index is 14.0. The van der Waals surface area contributed by atoms with Crippen LogP contribution in [0.25, 0.3) is 0 Å². The van der Waals surface area contributed by atoms with E-state index < -0.39 is 16.8 Å². The molecule has 0 bridgehead atoms. The summed E-state index contributed by atoms with van der Waals surface area (Å²) in [5.74, 6) is -0.0365. The van der Waals surface area contributed by atoms with Gasteiger partial charge in [-0.15, -0.1) is 0 Å². The van der Waals surface area contributed by atoms with Gasteiger partial charge in [-0.25, -0.2) is 9.78 Å². The summed E-state index contributed by atoms with van der Waals surface area (Å²) in [6.45, 7) is 2.54. The van der Waals surface area contributed by atoms with E-state index in [4.69, 9.17) is 4.74 Å². The maximum Gasteiger partial charge on any atom is 0.339 e. The summed E-state index contributed by atoms with van der Waals surface area (Å²) in [5.41, 5.74) is 1.11. The zero-order valence-electron chi connectivity index (χ0n) is 15.3. The number of nitrogens with zero attached hydrogens (tertiary/aromatic N) is 4. The molecule has 2 unspecified atom stereocenters. The Labute approximate surface area is 157 Å². The molecular formula is C17H25BrN4O3. The molecule has 0 N–H and O–H groups in total. The van der Waals surface area contributed by atoms with E-state index in [0.29, 0.717) is 24.4 Å². The standard InChI is InChI=1S/C17H25BrN4O3/c1-6-25-17(23)13-7-12-8-14(18)9-19-16(12)22(24,11-13)15(21(4)5)10-20(2)3/h8-9,11,15H,6-7,10H2,1-5H3. The third-order valence-electron chi connectivity index (χ3n) is 4.07. The lowest BCUT2D eigenvalue weighted by Gasteiger charge is -2.49. The Morgan fingerprint density at radius 3 is 2.68 bits per heavy atom. The summed E-state index contributed by atoms with van der Waals surface area (Å²) >= 11 is 3.40. The average Bonchev–Trinajstić information content (AvgIpc) is 2.51. The second kappa shape index (κ2) is 7.92. The lowest BCUT2D eigenvalue weighted by atomic mass is 10.0. The Hall–Kier alpha value is -1.32. The SMILES string of the molecule is CCOC(=O)C1=C[N+]([O-])(C(CN(C)C)N(C)C)c2ncc(Br)cc2C1. The minimum atomic E-state index is -0.818. The van der Waals surface area contributed by atoms with E-state index in [9.17, 15) is 10.0 Å². The van der Waals surface area contributed by atoms with E-state index in [-0.39, 0.29) is 6.61 Å². The van der Waals surface area contributed by atoms with Gasteiger partial charge >= 0.3 is 5.97 Å². The second-order valence-corrected chi connectivity index (χ2v) is 7.52. The summed E-state index contributed by atoms with van der Waals surface area (Å²) in [4.78, 5) is 20.5. The maximum atomic E-state index is 14.0. The number of carbonyl (C=O) groups is 1. The molecule has 0 spiro atoms. The van der Waals surface area contributed by atoms with Crippen molar-refractivity contribution in [1.82, 2.24) is 19.4 Å². The first-order chi connectivity index (χ1) is 11.7. The van der Waals surface area contributed by atoms with E-state index in [1.165, 1.54) is 6.20 Å². The molecule has 1 aromatic heterocycles. The van der Waals surface area contributed by atoms with E-state index in [1.54, 1.807) is 13.1 Å². The van der Waals surface area contributed by atoms with Crippen LogP contribution in [0.2, 0.25) is 0 Å². The number of pyridine rings is 1. The number of quaternary nitrogens is 1. The number of esters is 1. The molecule has 1 aliphatic heterocycles. The van der Waals surface area contributed by atoms with Crippen molar-refractivity contribution >= 4 is 27.7 Å². The predicted octanol–water partition coefficient (Wildman–Crippen LogP) is 2.10. The number of carbonyl (C=O) groups excluding carboxylic acids is 1. The highest BCUT2D eigenvalue weighted by atomic mass is 79.9. The summed E-state index contributed by atoms with van der Waals surface area (Å²) in [6.07, 6.45) is 2.96. The van der Waals surface area contributed by atoms with Gasteiger partial charge in [-0.1, -0.05) is 0 Å². The molecule has 0 fully saturated rings.